The molecule has 23 heavy (non-hydrogen) atoms. The van der Waals surface area contributed by atoms with Crippen molar-refractivity contribution in [3.8, 4) is 0 Å². The highest BCUT2D eigenvalue weighted by Gasteiger charge is 2.25. The Balaban J connectivity index is 2.06. The molecule has 0 aliphatic carbocycles. The van der Waals surface area contributed by atoms with E-state index in [2.05, 4.69) is 10.3 Å². The fourth-order valence-electron chi connectivity index (χ4n) is 2.06. The van der Waals surface area contributed by atoms with Crippen LogP contribution in [0.5, 0.6) is 0 Å². The smallest absolute Gasteiger partial charge is 0.225 e. The lowest BCUT2D eigenvalue weighted by atomic mass is 10.3. The normalized spacial score (nSPS) is 12.7. The summed E-state index contributed by atoms with van der Waals surface area (Å²) in [6.07, 6.45) is 1.37. The third kappa shape index (κ3) is 4.35. The molecule has 1 N–H and O–H groups in total. The number of nitrogens with zero attached hydrogens (tertiary/aromatic N) is 1. The van der Waals surface area contributed by atoms with Crippen LogP contribution in [0, 0.1) is 12.7 Å². The molecule has 0 spiro atoms. The molecule has 0 saturated heterocycles. The van der Waals surface area contributed by atoms with Crippen molar-refractivity contribution < 1.29 is 17.6 Å². The number of pyridine rings is 1. The van der Waals surface area contributed by atoms with Crippen molar-refractivity contribution in [1.82, 2.24) is 4.98 Å². The molecule has 0 saturated carbocycles. The Hall–Kier alpha value is -2.28. The maximum Gasteiger partial charge on any atom is 0.225 e. The van der Waals surface area contributed by atoms with Gasteiger partial charge in [-0.3, -0.25) is 9.78 Å². The predicted molar refractivity (Wildman–Crippen MR) is 85.3 cm³/mol. The third-order valence-corrected chi connectivity index (χ3v) is 5.48. The first-order valence-electron chi connectivity index (χ1n) is 7.01. The van der Waals surface area contributed by atoms with E-state index >= 15 is 0 Å². The highest BCUT2D eigenvalue weighted by atomic mass is 32.2. The molecule has 0 unspecified atom stereocenters. The minimum Gasteiger partial charge on any atom is -0.326 e. The molecule has 0 aliphatic rings. The molecule has 0 radical (unpaired) electrons. The standard InChI is InChI=1S/C16H17FN2O3S/c1-11-9-14(7-8-18-11)19-16(20)10-12(2)23(21,22)15-5-3-13(17)4-6-15/h3-9,12H,10H2,1-2H3,(H,18,19,20)/t12-/m0/s1. The van der Waals surface area contributed by atoms with Gasteiger partial charge in [-0.2, -0.15) is 0 Å². The third-order valence-electron chi connectivity index (χ3n) is 3.33. The van der Waals surface area contributed by atoms with E-state index in [1.54, 1.807) is 25.3 Å². The van der Waals surface area contributed by atoms with E-state index in [0.717, 1.165) is 17.8 Å². The Morgan fingerprint density at radius 3 is 2.52 bits per heavy atom. The summed E-state index contributed by atoms with van der Waals surface area (Å²) in [6, 6.07) is 7.89. The van der Waals surface area contributed by atoms with Crippen molar-refractivity contribution in [2.75, 3.05) is 5.32 Å². The molecule has 2 rings (SSSR count). The summed E-state index contributed by atoms with van der Waals surface area (Å²) in [5, 5.41) is 1.72. The highest BCUT2D eigenvalue weighted by Crippen LogP contribution is 2.19. The van der Waals surface area contributed by atoms with Crippen molar-refractivity contribution in [1.29, 1.82) is 0 Å². The molecule has 2 aromatic rings. The van der Waals surface area contributed by atoms with Crippen LogP contribution >= 0.6 is 0 Å². The summed E-state index contributed by atoms with van der Waals surface area (Å²) >= 11 is 0. The largest absolute Gasteiger partial charge is 0.326 e. The molecule has 122 valence electrons. The molecule has 5 nitrogen and oxygen atoms in total. The summed E-state index contributed by atoms with van der Waals surface area (Å²) in [5.74, 6) is -0.920. The van der Waals surface area contributed by atoms with Crippen molar-refractivity contribution in [2.24, 2.45) is 0 Å². The van der Waals surface area contributed by atoms with Crippen LogP contribution in [0.4, 0.5) is 10.1 Å². The van der Waals surface area contributed by atoms with E-state index in [4.69, 9.17) is 0 Å². The zero-order chi connectivity index (χ0) is 17.0. The second-order valence-corrected chi connectivity index (χ2v) is 7.61. The number of carbonyl (C=O) groups excluding carboxylic acids is 1. The number of aromatic nitrogens is 1. The molecule has 1 atom stereocenters. The number of hydrogen-bond acceptors (Lipinski definition) is 4. The van der Waals surface area contributed by atoms with E-state index < -0.39 is 26.8 Å². The molecule has 1 aromatic carbocycles. The zero-order valence-corrected chi connectivity index (χ0v) is 13.6. The van der Waals surface area contributed by atoms with Crippen LogP contribution in [-0.4, -0.2) is 24.6 Å². The van der Waals surface area contributed by atoms with E-state index in [0.29, 0.717) is 5.69 Å². The predicted octanol–water partition coefficient (Wildman–Crippen LogP) is 2.72. The number of anilines is 1. The maximum absolute atomic E-state index is 12.9. The number of halogens is 1. The number of hydrogen-bond donors (Lipinski definition) is 1. The molecule has 1 amide bonds. The number of benzene rings is 1. The van der Waals surface area contributed by atoms with Gasteiger partial charge in [0.1, 0.15) is 5.82 Å². The number of nitrogens with one attached hydrogen (secondary N) is 1. The summed E-state index contributed by atoms with van der Waals surface area (Å²) in [7, 11) is -3.69. The van der Waals surface area contributed by atoms with Crippen molar-refractivity contribution in [3.63, 3.8) is 0 Å². The van der Waals surface area contributed by atoms with Gasteiger partial charge in [0.05, 0.1) is 10.1 Å². The van der Waals surface area contributed by atoms with Crippen LogP contribution in [0.2, 0.25) is 0 Å². The highest BCUT2D eigenvalue weighted by molar-refractivity contribution is 7.92. The van der Waals surface area contributed by atoms with Crippen LogP contribution in [0.25, 0.3) is 0 Å². The quantitative estimate of drug-likeness (QED) is 0.852. The molecular formula is C16H17FN2O3S. The van der Waals surface area contributed by atoms with E-state index in [1.807, 2.05) is 0 Å². The number of aryl methyl sites for hydroxylation is 1. The maximum atomic E-state index is 12.9. The van der Waals surface area contributed by atoms with Crippen LogP contribution in [-0.2, 0) is 14.6 Å². The van der Waals surface area contributed by atoms with Gasteiger partial charge in [0, 0.05) is 24.0 Å². The van der Waals surface area contributed by atoms with Crippen molar-refractivity contribution >= 4 is 21.4 Å². The first kappa shape index (κ1) is 17.1. The van der Waals surface area contributed by atoms with Crippen molar-refractivity contribution in [2.45, 2.75) is 30.4 Å². The monoisotopic (exact) mass is 336 g/mol. The molecule has 0 aliphatic heterocycles. The average Bonchev–Trinajstić information content (AvgIpc) is 2.47. The van der Waals surface area contributed by atoms with Gasteiger partial charge in [-0.05, 0) is 50.2 Å². The lowest BCUT2D eigenvalue weighted by molar-refractivity contribution is -0.116. The Morgan fingerprint density at radius 1 is 1.26 bits per heavy atom. The van der Waals surface area contributed by atoms with Gasteiger partial charge in [-0.15, -0.1) is 0 Å². The number of carbonyl (C=O) groups is 1. The van der Waals surface area contributed by atoms with Gasteiger partial charge < -0.3 is 5.32 Å². The van der Waals surface area contributed by atoms with Crippen LogP contribution in [0.15, 0.2) is 47.5 Å². The van der Waals surface area contributed by atoms with Gasteiger partial charge in [0.25, 0.3) is 0 Å². The Morgan fingerprint density at radius 2 is 1.91 bits per heavy atom. The summed E-state index contributed by atoms with van der Waals surface area (Å²) in [4.78, 5) is 16.0. The van der Waals surface area contributed by atoms with Crippen molar-refractivity contribution in [3.05, 3.63) is 54.1 Å². The SMILES string of the molecule is Cc1cc(NC(=O)C[C@H](C)S(=O)(=O)c2ccc(F)cc2)ccn1. The molecular weight excluding hydrogens is 319 g/mol. The van der Waals surface area contributed by atoms with Crippen LogP contribution < -0.4 is 5.32 Å². The van der Waals surface area contributed by atoms with Crippen LogP contribution in [0.3, 0.4) is 0 Å². The lowest BCUT2D eigenvalue weighted by Crippen LogP contribution is -2.25. The first-order valence-corrected chi connectivity index (χ1v) is 8.55. The zero-order valence-electron chi connectivity index (χ0n) is 12.8. The number of amides is 1. The minimum absolute atomic E-state index is 0.000967. The molecule has 0 bridgehead atoms. The van der Waals surface area contributed by atoms with Gasteiger partial charge >= 0.3 is 0 Å². The Kier molecular flexibility index (Phi) is 5.10. The second-order valence-electron chi connectivity index (χ2n) is 5.25. The van der Waals surface area contributed by atoms with Gasteiger partial charge in [0.15, 0.2) is 9.84 Å². The summed E-state index contributed by atoms with van der Waals surface area (Å²) < 4.78 is 37.6. The van der Waals surface area contributed by atoms with Gasteiger partial charge in [0.2, 0.25) is 5.91 Å². The lowest BCUT2D eigenvalue weighted by Gasteiger charge is -2.13. The molecule has 0 fully saturated rings. The fourth-order valence-corrected chi connectivity index (χ4v) is 3.41. The van der Waals surface area contributed by atoms with E-state index in [1.165, 1.54) is 19.1 Å². The topological polar surface area (TPSA) is 76.1 Å². The van der Waals surface area contributed by atoms with E-state index in [-0.39, 0.29) is 11.3 Å². The molecule has 1 aromatic heterocycles. The summed E-state index contributed by atoms with van der Waals surface area (Å²) in [5.41, 5.74) is 1.31. The number of rotatable bonds is 5. The Bertz CT molecular complexity index is 804. The van der Waals surface area contributed by atoms with Gasteiger partial charge in [-0.1, -0.05) is 0 Å². The summed E-state index contributed by atoms with van der Waals surface area (Å²) in [6.45, 7) is 3.24. The second kappa shape index (κ2) is 6.87. The van der Waals surface area contributed by atoms with E-state index in [9.17, 15) is 17.6 Å². The van der Waals surface area contributed by atoms with Crippen LogP contribution in [0.1, 0.15) is 19.0 Å². The average molecular weight is 336 g/mol. The number of sulfone groups is 1. The molecule has 7 heteroatoms. The Labute approximate surface area is 134 Å². The molecule has 1 heterocycles. The minimum atomic E-state index is -3.69. The fraction of sp³-hybridized carbons (Fsp3) is 0.250. The van der Waals surface area contributed by atoms with Gasteiger partial charge in [-0.25, -0.2) is 12.8 Å². The first-order chi connectivity index (χ1) is 10.8.